The third-order valence-corrected chi connectivity index (χ3v) is 3.19. The van der Waals surface area contributed by atoms with Crippen LogP contribution in [0, 0.1) is 6.92 Å². The molecule has 2 aromatic rings. The van der Waals surface area contributed by atoms with Crippen molar-refractivity contribution in [2.75, 3.05) is 5.32 Å². The van der Waals surface area contributed by atoms with E-state index in [0.717, 1.165) is 11.1 Å². The standard InChI is InChI=1S/C19H19NO3/c1-14-8-10-16(11-9-14)12-13-18(21)23-15(2)19(22)20-17-6-4-3-5-7-17/h3-13,15H,1-2H3,(H,20,22)/b13-12+/t15-/m0/s1. The van der Waals surface area contributed by atoms with Crippen molar-refractivity contribution in [3.63, 3.8) is 0 Å². The van der Waals surface area contributed by atoms with Gasteiger partial charge in [0.1, 0.15) is 0 Å². The number of aryl methyl sites for hydroxylation is 1. The number of nitrogens with one attached hydrogen (secondary N) is 1. The second kappa shape index (κ2) is 7.94. The van der Waals surface area contributed by atoms with Gasteiger partial charge < -0.3 is 10.1 Å². The van der Waals surface area contributed by atoms with E-state index in [2.05, 4.69) is 5.32 Å². The summed E-state index contributed by atoms with van der Waals surface area (Å²) < 4.78 is 5.09. The van der Waals surface area contributed by atoms with Gasteiger partial charge >= 0.3 is 5.97 Å². The minimum absolute atomic E-state index is 0.367. The van der Waals surface area contributed by atoms with Crippen LogP contribution in [0.2, 0.25) is 0 Å². The van der Waals surface area contributed by atoms with Gasteiger partial charge in [-0.25, -0.2) is 4.79 Å². The quantitative estimate of drug-likeness (QED) is 0.678. The molecule has 23 heavy (non-hydrogen) atoms. The van der Waals surface area contributed by atoms with Gasteiger partial charge in [0, 0.05) is 11.8 Å². The van der Waals surface area contributed by atoms with Crippen LogP contribution in [0.4, 0.5) is 5.69 Å². The minimum Gasteiger partial charge on any atom is -0.449 e. The van der Waals surface area contributed by atoms with Crippen LogP contribution in [0.5, 0.6) is 0 Å². The molecular formula is C19H19NO3. The van der Waals surface area contributed by atoms with Crippen molar-refractivity contribution in [3.8, 4) is 0 Å². The Labute approximate surface area is 135 Å². The Bertz CT molecular complexity index is 690. The molecule has 0 saturated carbocycles. The Morgan fingerprint density at radius 1 is 1.04 bits per heavy atom. The highest BCUT2D eigenvalue weighted by molar-refractivity contribution is 5.96. The molecule has 0 aromatic heterocycles. The molecule has 0 saturated heterocycles. The van der Waals surface area contributed by atoms with Gasteiger partial charge in [0.15, 0.2) is 6.10 Å². The second-order valence-electron chi connectivity index (χ2n) is 5.18. The van der Waals surface area contributed by atoms with Crippen LogP contribution < -0.4 is 5.32 Å². The van der Waals surface area contributed by atoms with Gasteiger partial charge in [-0.05, 0) is 37.6 Å². The number of amides is 1. The number of carbonyl (C=O) groups is 2. The SMILES string of the molecule is Cc1ccc(/C=C/C(=O)O[C@@H](C)C(=O)Nc2ccccc2)cc1. The van der Waals surface area contributed by atoms with Crippen LogP contribution in [0.1, 0.15) is 18.1 Å². The van der Waals surface area contributed by atoms with Crippen LogP contribution in [0.3, 0.4) is 0 Å². The molecule has 0 fully saturated rings. The van der Waals surface area contributed by atoms with Crippen molar-refractivity contribution in [1.29, 1.82) is 0 Å². The van der Waals surface area contributed by atoms with E-state index in [1.807, 2.05) is 49.4 Å². The van der Waals surface area contributed by atoms with Crippen LogP contribution in [-0.4, -0.2) is 18.0 Å². The highest BCUT2D eigenvalue weighted by Crippen LogP contribution is 2.08. The Morgan fingerprint density at radius 3 is 2.35 bits per heavy atom. The highest BCUT2D eigenvalue weighted by Gasteiger charge is 2.16. The Morgan fingerprint density at radius 2 is 1.70 bits per heavy atom. The predicted molar refractivity (Wildman–Crippen MR) is 90.8 cm³/mol. The van der Waals surface area contributed by atoms with Crippen LogP contribution in [0.25, 0.3) is 6.08 Å². The number of esters is 1. The maximum atomic E-state index is 11.9. The van der Waals surface area contributed by atoms with Gasteiger partial charge in [-0.15, -0.1) is 0 Å². The molecule has 118 valence electrons. The molecule has 0 spiro atoms. The molecule has 1 amide bonds. The number of ether oxygens (including phenoxy) is 1. The number of carbonyl (C=O) groups excluding carboxylic acids is 2. The van der Waals surface area contributed by atoms with E-state index in [1.54, 1.807) is 18.2 Å². The monoisotopic (exact) mass is 309 g/mol. The first-order chi connectivity index (χ1) is 11.0. The lowest BCUT2D eigenvalue weighted by Gasteiger charge is -2.12. The highest BCUT2D eigenvalue weighted by atomic mass is 16.5. The maximum Gasteiger partial charge on any atom is 0.331 e. The van der Waals surface area contributed by atoms with Crippen LogP contribution in [-0.2, 0) is 14.3 Å². The average molecular weight is 309 g/mol. The van der Waals surface area contributed by atoms with E-state index in [0.29, 0.717) is 5.69 Å². The summed E-state index contributed by atoms with van der Waals surface area (Å²) in [6.07, 6.45) is 2.10. The van der Waals surface area contributed by atoms with Crippen molar-refractivity contribution >= 4 is 23.6 Å². The molecule has 0 heterocycles. The van der Waals surface area contributed by atoms with Crippen LogP contribution >= 0.6 is 0 Å². The third kappa shape index (κ3) is 5.43. The second-order valence-corrected chi connectivity index (χ2v) is 5.18. The minimum atomic E-state index is -0.870. The molecule has 0 aliphatic heterocycles. The van der Waals surface area contributed by atoms with Gasteiger partial charge in [0.05, 0.1) is 0 Å². The lowest BCUT2D eigenvalue weighted by molar-refractivity contribution is -0.148. The predicted octanol–water partition coefficient (Wildman–Crippen LogP) is 3.58. The van der Waals surface area contributed by atoms with E-state index in [9.17, 15) is 9.59 Å². The fourth-order valence-electron chi connectivity index (χ4n) is 1.87. The molecule has 0 bridgehead atoms. The number of para-hydroxylation sites is 1. The van der Waals surface area contributed by atoms with Crippen molar-refractivity contribution in [2.45, 2.75) is 20.0 Å². The van der Waals surface area contributed by atoms with Gasteiger partial charge in [-0.2, -0.15) is 0 Å². The van der Waals surface area contributed by atoms with Gasteiger partial charge in [0.25, 0.3) is 5.91 Å². The largest absolute Gasteiger partial charge is 0.449 e. The zero-order valence-electron chi connectivity index (χ0n) is 13.2. The first-order valence-electron chi connectivity index (χ1n) is 7.36. The lowest BCUT2D eigenvalue weighted by Crippen LogP contribution is -2.29. The third-order valence-electron chi connectivity index (χ3n) is 3.19. The normalized spacial score (nSPS) is 11.9. The first kappa shape index (κ1) is 16.5. The molecular weight excluding hydrogens is 290 g/mol. The Hall–Kier alpha value is -2.88. The van der Waals surface area contributed by atoms with Crippen molar-refractivity contribution in [1.82, 2.24) is 0 Å². The number of rotatable bonds is 5. The summed E-state index contributed by atoms with van der Waals surface area (Å²) in [5.41, 5.74) is 2.71. The summed E-state index contributed by atoms with van der Waals surface area (Å²) in [6, 6.07) is 16.8. The summed E-state index contributed by atoms with van der Waals surface area (Å²) in [6.45, 7) is 3.53. The van der Waals surface area contributed by atoms with Crippen molar-refractivity contribution in [3.05, 3.63) is 71.8 Å². The number of anilines is 1. The average Bonchev–Trinajstić information content (AvgIpc) is 2.55. The zero-order valence-corrected chi connectivity index (χ0v) is 13.2. The summed E-state index contributed by atoms with van der Waals surface area (Å²) in [7, 11) is 0. The molecule has 1 atom stereocenters. The molecule has 0 unspecified atom stereocenters. The smallest absolute Gasteiger partial charge is 0.331 e. The van der Waals surface area contributed by atoms with Crippen molar-refractivity contribution in [2.24, 2.45) is 0 Å². The molecule has 1 N–H and O–H groups in total. The molecule has 0 radical (unpaired) electrons. The fraction of sp³-hybridized carbons (Fsp3) is 0.158. The van der Waals surface area contributed by atoms with Crippen molar-refractivity contribution < 1.29 is 14.3 Å². The molecule has 4 heteroatoms. The Kier molecular flexibility index (Phi) is 5.69. The lowest BCUT2D eigenvalue weighted by atomic mass is 10.1. The number of hydrogen-bond acceptors (Lipinski definition) is 3. The molecule has 0 aliphatic carbocycles. The van der Waals surface area contributed by atoms with E-state index in [-0.39, 0.29) is 5.91 Å². The molecule has 2 aromatic carbocycles. The molecule has 2 rings (SSSR count). The van der Waals surface area contributed by atoms with Gasteiger partial charge in [0.2, 0.25) is 0 Å². The number of benzene rings is 2. The topological polar surface area (TPSA) is 55.4 Å². The van der Waals surface area contributed by atoms with E-state index in [1.165, 1.54) is 13.0 Å². The van der Waals surface area contributed by atoms with Crippen LogP contribution in [0.15, 0.2) is 60.7 Å². The van der Waals surface area contributed by atoms with E-state index in [4.69, 9.17) is 4.74 Å². The first-order valence-corrected chi connectivity index (χ1v) is 7.36. The van der Waals surface area contributed by atoms with E-state index < -0.39 is 12.1 Å². The molecule has 4 nitrogen and oxygen atoms in total. The number of hydrogen-bond donors (Lipinski definition) is 1. The molecule has 0 aliphatic rings. The van der Waals surface area contributed by atoms with Gasteiger partial charge in [-0.1, -0.05) is 48.0 Å². The van der Waals surface area contributed by atoms with E-state index >= 15 is 0 Å². The summed E-state index contributed by atoms with van der Waals surface area (Å²) in [4.78, 5) is 23.7. The summed E-state index contributed by atoms with van der Waals surface area (Å²) in [5, 5.41) is 2.69. The maximum absolute atomic E-state index is 11.9. The Balaban J connectivity index is 1.86. The zero-order chi connectivity index (χ0) is 16.7. The van der Waals surface area contributed by atoms with Gasteiger partial charge in [-0.3, -0.25) is 4.79 Å². The summed E-state index contributed by atoms with van der Waals surface area (Å²) >= 11 is 0. The fourth-order valence-corrected chi connectivity index (χ4v) is 1.87. The summed E-state index contributed by atoms with van der Waals surface area (Å²) in [5.74, 6) is -0.922.